The summed E-state index contributed by atoms with van der Waals surface area (Å²) in [5, 5.41) is 16.8. The van der Waals surface area contributed by atoms with Crippen molar-refractivity contribution in [3.63, 3.8) is 0 Å². The van der Waals surface area contributed by atoms with Crippen LogP contribution in [0.3, 0.4) is 0 Å². The topological polar surface area (TPSA) is 50.9 Å². The van der Waals surface area contributed by atoms with Crippen LogP contribution >= 0.6 is 0 Å². The van der Waals surface area contributed by atoms with Gasteiger partial charge in [0, 0.05) is 13.2 Å². The number of hydrogen-bond acceptors (Lipinski definition) is 3. The van der Waals surface area contributed by atoms with Gasteiger partial charge in [-0.1, -0.05) is 5.21 Å². The monoisotopic (exact) mass is 169 g/mol. The zero-order chi connectivity index (χ0) is 8.97. The molecule has 1 aromatic heterocycles. The Labute approximate surface area is 72.2 Å². The van der Waals surface area contributed by atoms with E-state index in [1.165, 1.54) is 0 Å². The molecule has 0 amide bonds. The van der Waals surface area contributed by atoms with Gasteiger partial charge in [-0.05, 0) is 26.2 Å². The molecule has 68 valence electrons. The van der Waals surface area contributed by atoms with E-state index in [0.29, 0.717) is 0 Å². The van der Waals surface area contributed by atoms with E-state index in [1.54, 1.807) is 11.6 Å². The normalized spacial score (nSPS) is 13.2. The highest BCUT2D eigenvalue weighted by molar-refractivity contribution is 4.91. The van der Waals surface area contributed by atoms with E-state index in [2.05, 4.69) is 10.3 Å². The van der Waals surface area contributed by atoms with E-state index in [0.717, 1.165) is 25.0 Å². The van der Waals surface area contributed by atoms with Crippen LogP contribution in [0.1, 0.15) is 25.5 Å². The number of aryl methyl sites for hydroxylation is 2. The molecular weight excluding hydrogens is 154 g/mol. The number of aliphatic hydroxyl groups excluding tert-OH is 1. The van der Waals surface area contributed by atoms with Crippen molar-refractivity contribution in [3.8, 4) is 0 Å². The van der Waals surface area contributed by atoms with Gasteiger partial charge in [0.25, 0.3) is 0 Å². The van der Waals surface area contributed by atoms with Gasteiger partial charge in [-0.2, -0.15) is 0 Å². The quantitative estimate of drug-likeness (QED) is 0.714. The Kier molecular flexibility index (Phi) is 3.22. The minimum Gasteiger partial charge on any atom is -0.393 e. The Hall–Kier alpha value is -0.900. The van der Waals surface area contributed by atoms with Crippen molar-refractivity contribution < 1.29 is 5.11 Å². The zero-order valence-corrected chi connectivity index (χ0v) is 7.56. The van der Waals surface area contributed by atoms with Gasteiger partial charge in [0.15, 0.2) is 0 Å². The van der Waals surface area contributed by atoms with Crippen LogP contribution in [0, 0.1) is 0 Å². The highest BCUT2D eigenvalue weighted by Crippen LogP contribution is 2.02. The lowest BCUT2D eigenvalue weighted by Gasteiger charge is -2.00. The van der Waals surface area contributed by atoms with Gasteiger partial charge in [0.05, 0.1) is 11.8 Å². The molecule has 4 nitrogen and oxygen atoms in total. The lowest BCUT2D eigenvalue weighted by atomic mass is 10.1. The SMILES string of the molecule is CC(O)CCCc1cn(C)nn1. The van der Waals surface area contributed by atoms with Gasteiger partial charge in [-0.25, -0.2) is 0 Å². The Morgan fingerprint density at radius 1 is 1.67 bits per heavy atom. The summed E-state index contributed by atoms with van der Waals surface area (Å²) >= 11 is 0. The summed E-state index contributed by atoms with van der Waals surface area (Å²) in [5.74, 6) is 0. The Morgan fingerprint density at radius 3 is 2.92 bits per heavy atom. The third-order valence-electron chi connectivity index (χ3n) is 1.70. The smallest absolute Gasteiger partial charge is 0.0827 e. The first-order valence-corrected chi connectivity index (χ1v) is 4.22. The molecule has 4 heteroatoms. The van der Waals surface area contributed by atoms with E-state index in [9.17, 15) is 0 Å². The molecule has 1 atom stereocenters. The molecule has 0 aromatic carbocycles. The average Bonchev–Trinajstić information content (AvgIpc) is 2.35. The molecule has 0 aliphatic rings. The van der Waals surface area contributed by atoms with Gasteiger partial charge >= 0.3 is 0 Å². The number of hydrogen-bond donors (Lipinski definition) is 1. The predicted octanol–water partition coefficient (Wildman–Crippen LogP) is 0.519. The number of aliphatic hydroxyl groups is 1. The summed E-state index contributed by atoms with van der Waals surface area (Å²) in [5.41, 5.74) is 0.998. The summed E-state index contributed by atoms with van der Waals surface area (Å²) in [6.45, 7) is 1.80. The predicted molar refractivity (Wildman–Crippen MR) is 45.6 cm³/mol. The highest BCUT2D eigenvalue weighted by atomic mass is 16.3. The molecule has 0 bridgehead atoms. The van der Waals surface area contributed by atoms with Crippen LogP contribution in [0.2, 0.25) is 0 Å². The summed E-state index contributed by atoms with van der Waals surface area (Å²) in [4.78, 5) is 0. The van der Waals surface area contributed by atoms with E-state index < -0.39 is 0 Å². The van der Waals surface area contributed by atoms with Crippen molar-refractivity contribution in [1.29, 1.82) is 0 Å². The van der Waals surface area contributed by atoms with E-state index in [-0.39, 0.29) is 6.10 Å². The molecule has 0 saturated carbocycles. The fourth-order valence-electron chi connectivity index (χ4n) is 1.09. The van der Waals surface area contributed by atoms with Crippen molar-refractivity contribution in [2.24, 2.45) is 7.05 Å². The third kappa shape index (κ3) is 3.00. The molecule has 0 saturated heterocycles. The molecule has 1 rings (SSSR count). The molecule has 1 aromatic rings. The molecule has 0 spiro atoms. The average molecular weight is 169 g/mol. The lowest BCUT2D eigenvalue weighted by Crippen LogP contribution is -1.99. The Bertz CT molecular complexity index is 232. The molecule has 0 fully saturated rings. The first-order valence-electron chi connectivity index (χ1n) is 4.22. The molecule has 1 heterocycles. The van der Waals surface area contributed by atoms with Crippen molar-refractivity contribution in [1.82, 2.24) is 15.0 Å². The summed E-state index contributed by atoms with van der Waals surface area (Å²) in [6, 6.07) is 0. The van der Waals surface area contributed by atoms with Gasteiger partial charge in [0.1, 0.15) is 0 Å². The minimum atomic E-state index is -0.207. The third-order valence-corrected chi connectivity index (χ3v) is 1.70. The second-order valence-corrected chi connectivity index (χ2v) is 3.12. The van der Waals surface area contributed by atoms with E-state index >= 15 is 0 Å². The number of nitrogens with zero attached hydrogens (tertiary/aromatic N) is 3. The van der Waals surface area contributed by atoms with Crippen LogP contribution < -0.4 is 0 Å². The highest BCUT2D eigenvalue weighted by Gasteiger charge is 1.99. The fraction of sp³-hybridized carbons (Fsp3) is 0.750. The Morgan fingerprint density at radius 2 is 2.42 bits per heavy atom. The van der Waals surface area contributed by atoms with Crippen LogP contribution in [0.4, 0.5) is 0 Å². The van der Waals surface area contributed by atoms with Gasteiger partial charge in [-0.3, -0.25) is 4.68 Å². The Balaban J connectivity index is 2.24. The summed E-state index contributed by atoms with van der Waals surface area (Å²) in [7, 11) is 1.85. The van der Waals surface area contributed by atoms with Crippen LogP contribution in [-0.4, -0.2) is 26.2 Å². The molecule has 0 aliphatic heterocycles. The van der Waals surface area contributed by atoms with E-state index in [1.807, 2.05) is 13.2 Å². The van der Waals surface area contributed by atoms with Gasteiger partial charge in [0.2, 0.25) is 0 Å². The number of rotatable bonds is 4. The van der Waals surface area contributed by atoms with Crippen molar-refractivity contribution in [3.05, 3.63) is 11.9 Å². The van der Waals surface area contributed by atoms with Gasteiger partial charge in [-0.15, -0.1) is 5.10 Å². The van der Waals surface area contributed by atoms with Crippen molar-refractivity contribution >= 4 is 0 Å². The maximum absolute atomic E-state index is 8.99. The second-order valence-electron chi connectivity index (χ2n) is 3.12. The molecule has 0 radical (unpaired) electrons. The largest absolute Gasteiger partial charge is 0.393 e. The maximum Gasteiger partial charge on any atom is 0.0827 e. The molecule has 1 N–H and O–H groups in total. The molecule has 12 heavy (non-hydrogen) atoms. The van der Waals surface area contributed by atoms with E-state index in [4.69, 9.17) is 5.11 Å². The lowest BCUT2D eigenvalue weighted by molar-refractivity contribution is 0.181. The summed E-state index contributed by atoms with van der Waals surface area (Å²) in [6.07, 6.45) is 4.40. The minimum absolute atomic E-state index is 0.207. The first-order chi connectivity index (χ1) is 5.68. The van der Waals surface area contributed by atoms with Crippen LogP contribution in [0.5, 0.6) is 0 Å². The van der Waals surface area contributed by atoms with Crippen LogP contribution in [-0.2, 0) is 13.5 Å². The fourth-order valence-corrected chi connectivity index (χ4v) is 1.09. The maximum atomic E-state index is 8.99. The summed E-state index contributed by atoms with van der Waals surface area (Å²) < 4.78 is 1.69. The van der Waals surface area contributed by atoms with Crippen molar-refractivity contribution in [2.75, 3.05) is 0 Å². The second kappa shape index (κ2) is 4.21. The first kappa shape index (κ1) is 9.19. The molecule has 0 aliphatic carbocycles. The standard InChI is InChI=1S/C8H15N3O/c1-7(12)4-3-5-8-6-11(2)10-9-8/h6-7,12H,3-5H2,1-2H3. The molecular formula is C8H15N3O. The van der Waals surface area contributed by atoms with Crippen molar-refractivity contribution in [2.45, 2.75) is 32.3 Å². The van der Waals surface area contributed by atoms with Gasteiger partial charge < -0.3 is 5.11 Å². The zero-order valence-electron chi connectivity index (χ0n) is 7.56. The van der Waals surface area contributed by atoms with Crippen LogP contribution in [0.15, 0.2) is 6.20 Å². The number of aromatic nitrogens is 3. The molecule has 1 unspecified atom stereocenters. The van der Waals surface area contributed by atoms with Crippen LogP contribution in [0.25, 0.3) is 0 Å².